The van der Waals surface area contributed by atoms with E-state index in [0.29, 0.717) is 0 Å². The average molecular weight is 353 g/mol. The SMILES string of the molecule is CCC[C]1CCC([C]2CCC(c3ccc(CC(C)CC)cc3)CC2)CC1. The van der Waals surface area contributed by atoms with Gasteiger partial charge in [0.2, 0.25) is 0 Å². The Morgan fingerprint density at radius 1 is 0.846 bits per heavy atom. The van der Waals surface area contributed by atoms with E-state index in [0.717, 1.165) is 17.8 Å². The van der Waals surface area contributed by atoms with E-state index < -0.39 is 0 Å². The summed E-state index contributed by atoms with van der Waals surface area (Å²) in [6.07, 6.45) is 16.6. The van der Waals surface area contributed by atoms with Crippen molar-refractivity contribution in [3.63, 3.8) is 0 Å². The van der Waals surface area contributed by atoms with E-state index in [-0.39, 0.29) is 0 Å². The van der Waals surface area contributed by atoms with Crippen molar-refractivity contribution < 1.29 is 0 Å². The van der Waals surface area contributed by atoms with Crippen molar-refractivity contribution in [2.75, 3.05) is 0 Å². The molecular weight excluding hydrogens is 312 g/mol. The Labute approximate surface area is 163 Å². The van der Waals surface area contributed by atoms with Gasteiger partial charge in [-0.25, -0.2) is 0 Å². The van der Waals surface area contributed by atoms with E-state index in [2.05, 4.69) is 45.0 Å². The van der Waals surface area contributed by atoms with Crippen LogP contribution in [0, 0.1) is 23.7 Å². The lowest BCUT2D eigenvalue weighted by atomic mass is 9.68. The highest BCUT2D eigenvalue weighted by Crippen LogP contribution is 2.46. The second-order valence-corrected chi connectivity index (χ2v) is 9.17. The molecule has 1 unspecified atom stereocenters. The van der Waals surface area contributed by atoms with Crippen molar-refractivity contribution in [2.24, 2.45) is 11.8 Å². The summed E-state index contributed by atoms with van der Waals surface area (Å²) in [5, 5.41) is 0. The van der Waals surface area contributed by atoms with Crippen molar-refractivity contribution in [1.82, 2.24) is 0 Å². The highest BCUT2D eigenvalue weighted by atomic mass is 14.4. The molecular formula is C26H40. The summed E-state index contributed by atoms with van der Waals surface area (Å²) in [5.41, 5.74) is 3.12. The van der Waals surface area contributed by atoms with Gasteiger partial charge < -0.3 is 0 Å². The summed E-state index contributed by atoms with van der Waals surface area (Å²) in [7, 11) is 0. The van der Waals surface area contributed by atoms with E-state index in [9.17, 15) is 0 Å². The lowest BCUT2D eigenvalue weighted by molar-refractivity contribution is 0.317. The van der Waals surface area contributed by atoms with E-state index in [1.807, 2.05) is 11.8 Å². The van der Waals surface area contributed by atoms with Crippen molar-refractivity contribution in [2.45, 2.75) is 104 Å². The van der Waals surface area contributed by atoms with Gasteiger partial charge in [-0.3, -0.25) is 0 Å². The van der Waals surface area contributed by atoms with Gasteiger partial charge in [0, 0.05) is 0 Å². The van der Waals surface area contributed by atoms with Crippen molar-refractivity contribution in [3.8, 4) is 0 Å². The van der Waals surface area contributed by atoms with E-state index in [1.54, 1.807) is 5.56 Å². The van der Waals surface area contributed by atoms with Gasteiger partial charge in [0.05, 0.1) is 0 Å². The van der Waals surface area contributed by atoms with Gasteiger partial charge in [-0.05, 0) is 105 Å². The topological polar surface area (TPSA) is 0 Å². The minimum atomic E-state index is 0.804. The maximum absolute atomic E-state index is 2.43. The molecule has 0 bridgehead atoms. The van der Waals surface area contributed by atoms with Gasteiger partial charge in [0.15, 0.2) is 0 Å². The monoisotopic (exact) mass is 352 g/mol. The lowest BCUT2D eigenvalue weighted by Gasteiger charge is -2.37. The van der Waals surface area contributed by atoms with Crippen LogP contribution in [-0.2, 0) is 6.42 Å². The fourth-order valence-electron chi connectivity index (χ4n) is 5.24. The van der Waals surface area contributed by atoms with Crippen molar-refractivity contribution in [1.29, 1.82) is 0 Å². The van der Waals surface area contributed by atoms with Gasteiger partial charge in [0.25, 0.3) is 0 Å². The first-order valence-electron chi connectivity index (χ1n) is 11.5. The predicted molar refractivity (Wildman–Crippen MR) is 114 cm³/mol. The molecule has 2 aliphatic carbocycles. The van der Waals surface area contributed by atoms with E-state index in [1.165, 1.54) is 82.6 Å². The van der Waals surface area contributed by atoms with Gasteiger partial charge >= 0.3 is 0 Å². The van der Waals surface area contributed by atoms with E-state index >= 15 is 0 Å². The van der Waals surface area contributed by atoms with Crippen LogP contribution in [0.1, 0.15) is 108 Å². The molecule has 1 atom stereocenters. The molecule has 0 saturated heterocycles. The molecule has 2 fully saturated rings. The molecule has 0 spiro atoms. The van der Waals surface area contributed by atoms with Gasteiger partial charge in [-0.15, -0.1) is 0 Å². The number of hydrogen-bond acceptors (Lipinski definition) is 0. The van der Waals surface area contributed by atoms with Gasteiger partial charge in [0.1, 0.15) is 0 Å². The first-order valence-corrected chi connectivity index (χ1v) is 11.5. The molecule has 0 heterocycles. The molecule has 2 saturated carbocycles. The molecule has 0 nitrogen and oxygen atoms in total. The summed E-state index contributed by atoms with van der Waals surface area (Å²) in [6.45, 7) is 6.98. The van der Waals surface area contributed by atoms with E-state index in [4.69, 9.17) is 0 Å². The minimum absolute atomic E-state index is 0.804. The van der Waals surface area contributed by atoms with Crippen LogP contribution >= 0.6 is 0 Å². The molecule has 0 aliphatic heterocycles. The zero-order valence-corrected chi connectivity index (χ0v) is 17.5. The summed E-state index contributed by atoms with van der Waals surface area (Å²) >= 11 is 0. The normalized spacial score (nSPS) is 22.6. The first-order chi connectivity index (χ1) is 12.7. The fourth-order valence-corrected chi connectivity index (χ4v) is 5.24. The standard InChI is InChI=1S/C26H40/c1-4-6-21-7-11-23(12-8-21)25-15-17-26(18-16-25)24-13-9-22(10-14-24)19-20(3)5-2/h9-10,13-14,20,23,26H,4-8,11-12,15-19H2,1-3H3. The number of rotatable bonds is 7. The molecule has 2 radical (unpaired) electrons. The number of benzene rings is 1. The highest BCUT2D eigenvalue weighted by Gasteiger charge is 2.31. The summed E-state index contributed by atoms with van der Waals surface area (Å²) in [6, 6.07) is 9.65. The Hall–Kier alpha value is -0.780. The average Bonchev–Trinajstić information content (AvgIpc) is 2.69. The maximum Gasteiger partial charge on any atom is -0.0162 e. The Morgan fingerprint density at radius 3 is 2.04 bits per heavy atom. The first kappa shape index (κ1) is 20.0. The fraction of sp³-hybridized carbons (Fsp3) is 0.692. The lowest BCUT2D eigenvalue weighted by Crippen LogP contribution is -2.23. The van der Waals surface area contributed by atoms with Gasteiger partial charge in [-0.1, -0.05) is 57.9 Å². The van der Waals surface area contributed by atoms with Crippen LogP contribution in [0.3, 0.4) is 0 Å². The molecule has 2 aliphatic rings. The smallest absolute Gasteiger partial charge is 0.0162 e. The van der Waals surface area contributed by atoms with Gasteiger partial charge in [-0.2, -0.15) is 0 Å². The quantitative estimate of drug-likeness (QED) is 0.465. The van der Waals surface area contributed by atoms with Crippen LogP contribution in [-0.4, -0.2) is 0 Å². The second-order valence-electron chi connectivity index (χ2n) is 9.17. The largest absolute Gasteiger partial charge is 0.0654 e. The Bertz CT molecular complexity index is 497. The Kier molecular flexibility index (Phi) is 7.64. The molecule has 144 valence electrons. The van der Waals surface area contributed by atoms with Crippen LogP contribution in [0.4, 0.5) is 0 Å². The number of hydrogen-bond donors (Lipinski definition) is 0. The van der Waals surface area contributed by atoms with Crippen LogP contribution < -0.4 is 0 Å². The van der Waals surface area contributed by atoms with Crippen LogP contribution in [0.5, 0.6) is 0 Å². The Balaban J connectivity index is 1.45. The van der Waals surface area contributed by atoms with Crippen LogP contribution in [0.25, 0.3) is 0 Å². The van der Waals surface area contributed by atoms with Crippen LogP contribution in [0.15, 0.2) is 24.3 Å². The van der Waals surface area contributed by atoms with Crippen molar-refractivity contribution in [3.05, 3.63) is 47.2 Å². The third-order valence-corrected chi connectivity index (χ3v) is 7.23. The third-order valence-electron chi connectivity index (χ3n) is 7.23. The summed E-state index contributed by atoms with van der Waals surface area (Å²) in [4.78, 5) is 0. The minimum Gasteiger partial charge on any atom is -0.0654 e. The molecule has 0 aromatic heterocycles. The zero-order chi connectivity index (χ0) is 18.4. The highest BCUT2D eigenvalue weighted by molar-refractivity contribution is 5.27. The molecule has 0 amide bonds. The maximum atomic E-state index is 2.43. The third kappa shape index (κ3) is 5.37. The molecule has 1 aromatic carbocycles. The van der Waals surface area contributed by atoms with Crippen molar-refractivity contribution >= 4 is 0 Å². The summed E-state index contributed by atoms with van der Waals surface area (Å²) < 4.78 is 0. The molecule has 0 heteroatoms. The predicted octanol–water partition coefficient (Wildman–Crippen LogP) is 8.07. The second kappa shape index (κ2) is 9.95. The summed E-state index contributed by atoms with van der Waals surface area (Å²) in [5.74, 6) is 6.34. The molecule has 1 aromatic rings. The zero-order valence-electron chi connectivity index (χ0n) is 17.5. The van der Waals surface area contributed by atoms with Crippen LogP contribution in [0.2, 0.25) is 0 Å². The molecule has 3 rings (SSSR count). The Morgan fingerprint density at radius 2 is 1.46 bits per heavy atom. The molecule has 26 heavy (non-hydrogen) atoms. The molecule has 0 N–H and O–H groups in total.